The van der Waals surface area contributed by atoms with Gasteiger partial charge in [0.1, 0.15) is 18.0 Å². The maximum Gasteiger partial charge on any atom is 0.416 e. The second-order valence-corrected chi connectivity index (χ2v) is 12.5. The number of pyridine rings is 1. The molecule has 4 rings (SSSR count). The maximum atomic E-state index is 15.3. The first-order valence-electron chi connectivity index (χ1n) is 15.0. The Morgan fingerprint density at radius 2 is 1.77 bits per heavy atom. The second-order valence-electron chi connectivity index (χ2n) is 11.5. The van der Waals surface area contributed by atoms with Crippen LogP contribution in [0.3, 0.4) is 0 Å². The van der Waals surface area contributed by atoms with Crippen LogP contribution in [0.4, 0.5) is 30.7 Å². The zero-order chi connectivity index (χ0) is 35.5. The van der Waals surface area contributed by atoms with Crippen LogP contribution in [0.5, 0.6) is 0 Å². The Bertz CT molecular complexity index is 1810. The minimum atomic E-state index is -4.94. The van der Waals surface area contributed by atoms with Gasteiger partial charge < -0.3 is 10.4 Å². The van der Waals surface area contributed by atoms with Gasteiger partial charge in [-0.2, -0.15) is 13.2 Å². The van der Waals surface area contributed by atoms with E-state index in [2.05, 4.69) is 21.2 Å². The summed E-state index contributed by atoms with van der Waals surface area (Å²) in [5.74, 6) is -4.83. The molecule has 6 nitrogen and oxygen atoms in total. The van der Waals surface area contributed by atoms with Crippen molar-refractivity contribution >= 4 is 27.4 Å². The lowest BCUT2D eigenvalue weighted by molar-refractivity contribution is -0.138. The van der Waals surface area contributed by atoms with Crippen molar-refractivity contribution in [1.82, 2.24) is 14.8 Å². The van der Waals surface area contributed by atoms with Gasteiger partial charge in [-0.25, -0.2) is 17.6 Å². The molecule has 1 atom stereocenters. The fourth-order valence-corrected chi connectivity index (χ4v) is 6.07. The normalized spacial score (nSPS) is 15.6. The Hall–Kier alpha value is -3.91. The maximum absolute atomic E-state index is 15.3. The van der Waals surface area contributed by atoms with Gasteiger partial charge in [0.25, 0.3) is 5.56 Å². The van der Waals surface area contributed by atoms with Gasteiger partial charge in [-0.15, -0.1) is 0 Å². The minimum absolute atomic E-state index is 0.0294. The lowest BCUT2D eigenvalue weighted by Crippen LogP contribution is -2.49. The van der Waals surface area contributed by atoms with Crippen molar-refractivity contribution in [2.45, 2.75) is 58.5 Å². The number of aliphatic hydroxyl groups excluding tert-OH is 1. The highest BCUT2D eigenvalue weighted by Crippen LogP contribution is 2.34. The minimum Gasteiger partial charge on any atom is -0.512 e. The van der Waals surface area contributed by atoms with E-state index in [1.165, 1.54) is 25.1 Å². The number of rotatable bonds is 11. The zero-order valence-electron chi connectivity index (χ0n) is 26.2. The van der Waals surface area contributed by atoms with Crippen LogP contribution in [0.25, 0.3) is 5.57 Å². The van der Waals surface area contributed by atoms with E-state index in [-0.39, 0.29) is 64.1 Å². The smallest absolute Gasteiger partial charge is 0.416 e. The molecule has 258 valence electrons. The number of hydrogen-bond donors (Lipinski definition) is 2. The Kier molecular flexibility index (Phi) is 11.6. The SMILES string of the molecule is CC/C=C(C)\C(=C(/C)O)c1cc(F)c(F)c(CNC(=O)C(c2cc(Br)ccc2F)n2cc(CCN3CC(F)C3)c(C(F)(F)F)cc2=O)c1. The molecule has 2 N–H and O–H groups in total. The predicted molar refractivity (Wildman–Crippen MR) is 170 cm³/mol. The molecule has 1 aliphatic heterocycles. The van der Waals surface area contributed by atoms with E-state index in [1.807, 2.05) is 6.92 Å². The van der Waals surface area contributed by atoms with Crippen molar-refractivity contribution < 1.29 is 40.6 Å². The summed E-state index contributed by atoms with van der Waals surface area (Å²) in [5.41, 5.74) is -2.71. The predicted octanol–water partition coefficient (Wildman–Crippen LogP) is 7.79. The Morgan fingerprint density at radius 1 is 1.08 bits per heavy atom. The molecule has 0 radical (unpaired) electrons. The number of likely N-dealkylation sites (tertiary alicyclic amines) is 1. The Labute approximate surface area is 280 Å². The highest BCUT2D eigenvalue weighted by atomic mass is 79.9. The first kappa shape index (κ1) is 36.9. The fourth-order valence-electron chi connectivity index (χ4n) is 5.69. The van der Waals surface area contributed by atoms with Crippen LogP contribution in [0.1, 0.15) is 61.1 Å². The number of nitrogens with zero attached hydrogens (tertiary/aromatic N) is 2. The quantitative estimate of drug-likeness (QED) is 0.120. The third-order valence-corrected chi connectivity index (χ3v) is 8.46. The number of allylic oxidation sites excluding steroid dienone is 4. The van der Waals surface area contributed by atoms with Gasteiger partial charge in [0, 0.05) is 59.6 Å². The van der Waals surface area contributed by atoms with Crippen LogP contribution >= 0.6 is 15.9 Å². The number of alkyl halides is 4. The summed E-state index contributed by atoms with van der Waals surface area (Å²) in [5, 5.41) is 12.7. The second kappa shape index (κ2) is 15.1. The summed E-state index contributed by atoms with van der Waals surface area (Å²) in [6.45, 7) is 4.34. The van der Waals surface area contributed by atoms with Gasteiger partial charge in [0.2, 0.25) is 5.91 Å². The standard InChI is InChI=1S/C34H33BrF7N3O3/c1-4-5-18(2)30(19(3)46)21-10-22(31(39)28(38)11-21)14-43-33(48)32(25-12-23(35)6-7-27(25)37)45-15-20(8-9-44-16-24(36)17-44)26(13-29(45)47)34(40,41)42/h5-7,10-13,15,24,32,46H,4,8-9,14,16-17H2,1-3H3,(H,43,48)/b18-5-,30-19-. The molecule has 0 bridgehead atoms. The molecule has 1 aliphatic rings. The highest BCUT2D eigenvalue weighted by molar-refractivity contribution is 9.10. The van der Waals surface area contributed by atoms with Crippen molar-refractivity contribution in [3.8, 4) is 0 Å². The number of hydrogen-bond acceptors (Lipinski definition) is 4. The molecule has 3 aromatic rings. The van der Waals surface area contributed by atoms with Crippen molar-refractivity contribution in [1.29, 1.82) is 0 Å². The largest absolute Gasteiger partial charge is 0.512 e. The summed E-state index contributed by atoms with van der Waals surface area (Å²) in [6.07, 6.45) is -3.12. The van der Waals surface area contributed by atoms with Gasteiger partial charge in [-0.3, -0.25) is 19.1 Å². The molecule has 0 spiro atoms. The average molecular weight is 745 g/mol. The van der Waals surface area contributed by atoms with E-state index >= 15 is 8.78 Å². The van der Waals surface area contributed by atoms with E-state index in [0.717, 1.165) is 18.3 Å². The molecule has 14 heteroatoms. The summed E-state index contributed by atoms with van der Waals surface area (Å²) >= 11 is 3.17. The number of benzene rings is 2. The van der Waals surface area contributed by atoms with Gasteiger partial charge >= 0.3 is 6.18 Å². The number of aromatic nitrogens is 1. The van der Waals surface area contributed by atoms with Crippen LogP contribution < -0.4 is 10.9 Å². The molecule has 1 fully saturated rings. The summed E-state index contributed by atoms with van der Waals surface area (Å²) in [6, 6.07) is 4.02. The highest BCUT2D eigenvalue weighted by Gasteiger charge is 2.37. The van der Waals surface area contributed by atoms with Crippen LogP contribution in [-0.2, 0) is 23.9 Å². The fraction of sp³-hybridized carbons (Fsp3) is 0.353. The summed E-state index contributed by atoms with van der Waals surface area (Å²) in [4.78, 5) is 28.6. The molecule has 1 amide bonds. The first-order valence-corrected chi connectivity index (χ1v) is 15.8. The van der Waals surface area contributed by atoms with E-state index in [9.17, 15) is 36.6 Å². The molecule has 1 aromatic heterocycles. The number of halogens is 8. The molecular formula is C34H33BrF7N3O3. The van der Waals surface area contributed by atoms with Gasteiger partial charge in [-0.1, -0.05) is 28.9 Å². The van der Waals surface area contributed by atoms with Crippen molar-refractivity contribution in [2.75, 3.05) is 19.6 Å². The first-order chi connectivity index (χ1) is 22.5. The Balaban J connectivity index is 1.77. The Morgan fingerprint density at radius 3 is 2.38 bits per heavy atom. The van der Waals surface area contributed by atoms with E-state index < -0.39 is 59.4 Å². The average Bonchev–Trinajstić information content (AvgIpc) is 2.98. The number of carbonyl (C=O) groups excluding carboxylic acids is 1. The molecular weight excluding hydrogens is 711 g/mol. The molecule has 0 saturated carbocycles. The lowest BCUT2D eigenvalue weighted by atomic mass is 9.95. The zero-order valence-corrected chi connectivity index (χ0v) is 27.8. The molecule has 48 heavy (non-hydrogen) atoms. The summed E-state index contributed by atoms with van der Waals surface area (Å²) < 4.78 is 101. The summed E-state index contributed by atoms with van der Waals surface area (Å²) in [7, 11) is 0. The van der Waals surface area contributed by atoms with E-state index in [0.29, 0.717) is 22.6 Å². The third kappa shape index (κ3) is 8.38. The number of amides is 1. The topological polar surface area (TPSA) is 74.6 Å². The van der Waals surface area contributed by atoms with E-state index in [1.54, 1.807) is 17.9 Å². The molecule has 0 aliphatic carbocycles. The number of carbonyl (C=O) groups is 1. The van der Waals surface area contributed by atoms with Crippen LogP contribution in [0, 0.1) is 17.5 Å². The number of aliphatic hydroxyl groups is 1. The van der Waals surface area contributed by atoms with E-state index in [4.69, 9.17) is 0 Å². The van der Waals surface area contributed by atoms with Gasteiger partial charge in [0.05, 0.1) is 11.3 Å². The van der Waals surface area contributed by atoms with Gasteiger partial charge in [-0.05, 0) is 73.7 Å². The molecule has 2 aromatic carbocycles. The molecule has 1 saturated heterocycles. The van der Waals surface area contributed by atoms with Crippen LogP contribution in [0.15, 0.2) is 69.3 Å². The van der Waals surface area contributed by atoms with Crippen molar-refractivity contribution in [3.05, 3.63) is 120 Å². The monoisotopic (exact) mass is 743 g/mol. The van der Waals surface area contributed by atoms with Crippen LogP contribution in [0.2, 0.25) is 0 Å². The van der Waals surface area contributed by atoms with Gasteiger partial charge in [0.15, 0.2) is 11.6 Å². The number of nitrogens with one attached hydrogen (secondary N) is 1. The van der Waals surface area contributed by atoms with Crippen molar-refractivity contribution in [2.24, 2.45) is 0 Å². The van der Waals surface area contributed by atoms with Crippen LogP contribution in [-0.4, -0.2) is 46.3 Å². The molecule has 1 unspecified atom stereocenters. The molecule has 2 heterocycles. The van der Waals surface area contributed by atoms with Crippen molar-refractivity contribution in [3.63, 3.8) is 0 Å². The third-order valence-electron chi connectivity index (χ3n) is 7.97. The lowest BCUT2D eigenvalue weighted by Gasteiger charge is -2.34.